The van der Waals surface area contributed by atoms with Gasteiger partial charge in [-0.2, -0.15) is 0 Å². The van der Waals surface area contributed by atoms with Gasteiger partial charge in [0.25, 0.3) is 0 Å². The van der Waals surface area contributed by atoms with Gasteiger partial charge in [-0.05, 0) is 102 Å². The summed E-state index contributed by atoms with van der Waals surface area (Å²) in [6.45, 7) is 20.2. The highest BCUT2D eigenvalue weighted by atomic mass is 28.4. The molecule has 8 heteroatoms. The third-order valence-corrected chi connectivity index (χ3v) is 12.1. The van der Waals surface area contributed by atoms with Crippen LogP contribution in [0.3, 0.4) is 0 Å². The lowest BCUT2D eigenvalue weighted by atomic mass is 9.50. The molecule has 5 rings (SSSR count). The first-order valence-electron chi connectivity index (χ1n) is 13.4. The predicted molar refractivity (Wildman–Crippen MR) is 139 cm³/mol. The molecular weight excluding hydrogens is 476 g/mol. The van der Waals surface area contributed by atoms with Crippen LogP contribution >= 0.6 is 0 Å². The highest BCUT2D eigenvalue weighted by molar-refractivity contribution is 6.70. The number of rotatable bonds is 5. The molecule has 4 unspecified atom stereocenters. The minimum atomic E-state index is -1.94. The second-order valence-electron chi connectivity index (χ2n) is 14.3. The third-order valence-electron chi connectivity index (χ3n) is 10.1. The van der Waals surface area contributed by atoms with Gasteiger partial charge >= 0.3 is 11.9 Å². The molecule has 5 aliphatic rings. The van der Waals surface area contributed by atoms with Crippen LogP contribution in [0.15, 0.2) is 12.2 Å². The van der Waals surface area contributed by atoms with Crippen LogP contribution in [0.5, 0.6) is 0 Å². The Bertz CT molecular complexity index is 968. The molecule has 1 heterocycles. The largest absolute Gasteiger partial charge is 0.469 e. The Morgan fingerprint density at radius 3 is 2.34 bits per heavy atom. The maximum Gasteiger partial charge on any atom is 0.314 e. The van der Waals surface area contributed by atoms with Crippen molar-refractivity contribution < 1.29 is 27.9 Å². The molecule has 0 aromatic carbocycles. The van der Waals surface area contributed by atoms with Gasteiger partial charge in [0.1, 0.15) is 0 Å². The second-order valence-corrected chi connectivity index (χ2v) is 23.2. The van der Waals surface area contributed by atoms with Crippen molar-refractivity contribution in [2.45, 2.75) is 96.4 Å². The summed E-state index contributed by atoms with van der Waals surface area (Å²) in [6, 6.07) is 0. The lowest BCUT2D eigenvalue weighted by Gasteiger charge is -2.59. The van der Waals surface area contributed by atoms with Crippen molar-refractivity contribution in [3.05, 3.63) is 12.2 Å². The van der Waals surface area contributed by atoms with Gasteiger partial charge in [0.05, 0.1) is 36.8 Å². The number of esters is 2. The monoisotopic (exact) mass is 520 g/mol. The minimum absolute atomic E-state index is 0.155. The summed E-state index contributed by atoms with van der Waals surface area (Å²) in [6.07, 6.45) is 5.00. The third kappa shape index (κ3) is 3.38. The first kappa shape index (κ1) is 25.7. The number of cyclic esters (lactones) is 1. The summed E-state index contributed by atoms with van der Waals surface area (Å²) in [5.41, 5.74) is -0.639. The molecule has 1 spiro atoms. The van der Waals surface area contributed by atoms with Gasteiger partial charge in [-0.1, -0.05) is 6.58 Å². The number of carbonyl (C=O) groups excluding carboxylic acids is 2. The number of hydrogen-bond donors (Lipinski definition) is 0. The van der Waals surface area contributed by atoms with Crippen LogP contribution in [0.2, 0.25) is 39.3 Å². The van der Waals surface area contributed by atoms with E-state index in [1.807, 2.05) is 6.92 Å². The van der Waals surface area contributed by atoms with E-state index in [0.29, 0.717) is 6.61 Å². The normalized spacial score (nSPS) is 46.6. The van der Waals surface area contributed by atoms with Gasteiger partial charge in [0.15, 0.2) is 16.6 Å². The van der Waals surface area contributed by atoms with E-state index >= 15 is 0 Å². The Balaban J connectivity index is 1.67. The van der Waals surface area contributed by atoms with Crippen molar-refractivity contribution in [3.8, 4) is 0 Å². The molecule has 1 aliphatic heterocycles. The van der Waals surface area contributed by atoms with E-state index in [1.54, 1.807) is 0 Å². The summed E-state index contributed by atoms with van der Waals surface area (Å²) >= 11 is 0. The topological polar surface area (TPSA) is 71.1 Å². The van der Waals surface area contributed by atoms with Gasteiger partial charge in [-0.15, -0.1) is 0 Å². The maximum absolute atomic E-state index is 13.8. The number of carbonyl (C=O) groups is 2. The molecule has 1 saturated heterocycles. The first-order valence-corrected chi connectivity index (χ1v) is 20.2. The molecule has 196 valence electrons. The van der Waals surface area contributed by atoms with Crippen molar-refractivity contribution in [1.82, 2.24) is 0 Å². The minimum Gasteiger partial charge on any atom is -0.469 e. The molecule has 4 bridgehead atoms. The zero-order valence-corrected chi connectivity index (χ0v) is 24.9. The highest BCUT2D eigenvalue weighted by Gasteiger charge is 2.81. The van der Waals surface area contributed by atoms with E-state index in [1.165, 1.54) is 7.11 Å². The SMILES string of the molecule is C=C1C[C@]23C[C@@]1(O[Si](C)(C)C)CCC2[C@@]12CC[C@H](O[Si](C)(C)C)C(C)(C(=O)OC1)C2C3C(=O)OC. The molecule has 8 atom stereocenters. The summed E-state index contributed by atoms with van der Waals surface area (Å²) < 4.78 is 25.2. The average Bonchev–Trinajstić information content (AvgIpc) is 3.10. The van der Waals surface area contributed by atoms with E-state index in [2.05, 4.69) is 45.9 Å². The fourth-order valence-electron chi connectivity index (χ4n) is 9.53. The molecule has 0 aromatic rings. The van der Waals surface area contributed by atoms with Crippen LogP contribution in [-0.4, -0.2) is 54.0 Å². The molecule has 0 amide bonds. The number of hydrogen-bond acceptors (Lipinski definition) is 6. The van der Waals surface area contributed by atoms with E-state index < -0.39 is 22.0 Å². The van der Waals surface area contributed by atoms with Crippen molar-refractivity contribution in [2.75, 3.05) is 13.7 Å². The zero-order valence-electron chi connectivity index (χ0n) is 22.9. The molecule has 0 aromatic heterocycles. The number of methoxy groups -OCH3 is 1. The highest BCUT2D eigenvalue weighted by Crippen LogP contribution is 2.80. The molecule has 4 aliphatic carbocycles. The Morgan fingerprint density at radius 2 is 1.74 bits per heavy atom. The van der Waals surface area contributed by atoms with Crippen LogP contribution < -0.4 is 0 Å². The Labute approximate surface area is 212 Å². The van der Waals surface area contributed by atoms with Crippen LogP contribution in [-0.2, 0) is 27.9 Å². The smallest absolute Gasteiger partial charge is 0.314 e. The van der Waals surface area contributed by atoms with Gasteiger partial charge in [0.2, 0.25) is 0 Å². The molecular formula is C27H44O6Si2. The van der Waals surface area contributed by atoms with E-state index in [-0.39, 0.29) is 52.2 Å². The van der Waals surface area contributed by atoms with Crippen LogP contribution in [0.4, 0.5) is 0 Å². The van der Waals surface area contributed by atoms with Crippen molar-refractivity contribution in [3.63, 3.8) is 0 Å². The average molecular weight is 521 g/mol. The first-order chi connectivity index (χ1) is 16.0. The van der Waals surface area contributed by atoms with E-state index in [9.17, 15) is 9.59 Å². The van der Waals surface area contributed by atoms with Crippen LogP contribution in [0.25, 0.3) is 0 Å². The second kappa shape index (κ2) is 7.54. The summed E-state index contributed by atoms with van der Waals surface area (Å²) in [7, 11) is -2.31. The Hall–Kier alpha value is -0.966. The molecule has 5 fully saturated rings. The fraction of sp³-hybridized carbons (Fsp3) is 0.852. The van der Waals surface area contributed by atoms with Crippen LogP contribution in [0.1, 0.15) is 45.4 Å². The molecule has 35 heavy (non-hydrogen) atoms. The Morgan fingerprint density at radius 1 is 1.06 bits per heavy atom. The number of fused-ring (bicyclic) bond motifs is 1. The van der Waals surface area contributed by atoms with E-state index in [4.69, 9.17) is 18.3 Å². The van der Waals surface area contributed by atoms with Crippen LogP contribution in [0, 0.1) is 34.0 Å². The van der Waals surface area contributed by atoms with Crippen molar-refractivity contribution in [1.29, 1.82) is 0 Å². The summed E-state index contributed by atoms with van der Waals surface area (Å²) in [5.74, 6) is -0.645. The number of ether oxygens (including phenoxy) is 2. The summed E-state index contributed by atoms with van der Waals surface area (Å²) in [4.78, 5) is 27.5. The lowest BCUT2D eigenvalue weighted by molar-refractivity contribution is -0.218. The molecule has 0 radical (unpaired) electrons. The molecule has 6 nitrogen and oxygen atoms in total. The van der Waals surface area contributed by atoms with E-state index in [0.717, 1.165) is 44.1 Å². The van der Waals surface area contributed by atoms with Crippen molar-refractivity contribution in [2.24, 2.45) is 34.0 Å². The molecule has 0 N–H and O–H groups in total. The van der Waals surface area contributed by atoms with Gasteiger partial charge < -0.3 is 18.3 Å². The summed E-state index contributed by atoms with van der Waals surface area (Å²) in [5, 5.41) is 0. The quantitative estimate of drug-likeness (QED) is 0.278. The van der Waals surface area contributed by atoms with Gasteiger partial charge in [-0.25, -0.2) is 0 Å². The molecule has 4 saturated carbocycles. The van der Waals surface area contributed by atoms with Crippen molar-refractivity contribution >= 4 is 28.6 Å². The van der Waals surface area contributed by atoms with Gasteiger partial charge in [0, 0.05) is 11.3 Å². The maximum atomic E-state index is 13.8. The predicted octanol–water partition coefficient (Wildman–Crippen LogP) is 5.31. The standard InChI is InChI=1S/C27H44O6Si2/c1-17-14-26-15-27(17,33-35(7,8)9)13-10-18(26)25-12-11-19(32-34(4,5)6)24(2,23(29)31-16-25)21(25)20(26)22(28)30-3/h18-21H,1,10-16H2,2-9H3/t18?,19-,20?,21?,24?,25+,26-,27-/m0/s1. The fourth-order valence-corrected chi connectivity index (χ4v) is 12.2. The Kier molecular flexibility index (Phi) is 5.53. The zero-order chi connectivity index (χ0) is 25.8. The van der Waals surface area contributed by atoms with Gasteiger partial charge in [-0.3, -0.25) is 9.59 Å². The lowest BCUT2D eigenvalue weighted by Crippen LogP contribution is -2.65.